The van der Waals surface area contributed by atoms with Crippen LogP contribution in [-0.4, -0.2) is 36.5 Å². The van der Waals surface area contributed by atoms with Crippen molar-refractivity contribution in [2.24, 2.45) is 5.41 Å². The summed E-state index contributed by atoms with van der Waals surface area (Å²) in [6.45, 7) is 7.96. The fourth-order valence-electron chi connectivity index (χ4n) is 1.95. The zero-order valence-electron chi connectivity index (χ0n) is 12.4. The minimum absolute atomic E-state index is 0.0794. The normalized spacial score (nSPS) is 10.7. The van der Waals surface area contributed by atoms with Crippen molar-refractivity contribution in [2.45, 2.75) is 47.0 Å². The van der Waals surface area contributed by atoms with Crippen LogP contribution in [-0.2, 0) is 14.3 Å². The maximum Gasteiger partial charge on any atom is 0.325 e. The third-order valence-electron chi connectivity index (χ3n) is 3.24. The molecule has 0 fully saturated rings. The number of rotatable bonds is 8. The molecule has 5 nitrogen and oxygen atoms in total. The van der Waals surface area contributed by atoms with Gasteiger partial charge in [0, 0.05) is 6.54 Å². The van der Waals surface area contributed by atoms with Crippen molar-refractivity contribution in [1.82, 2.24) is 4.90 Å². The Balaban J connectivity index is 5.02. The standard InChI is InChI=1S/C14H24N2O3/c1-5-9-16(10-12(17)19-8-4)13(18)14(6-2,7-3)11-15/h5-10H2,1-4H3. The highest BCUT2D eigenvalue weighted by atomic mass is 16.5. The molecule has 5 heteroatoms. The van der Waals surface area contributed by atoms with Crippen LogP contribution in [0, 0.1) is 16.7 Å². The number of amides is 1. The number of hydrogen-bond acceptors (Lipinski definition) is 4. The number of nitriles is 1. The monoisotopic (exact) mass is 268 g/mol. The summed E-state index contributed by atoms with van der Waals surface area (Å²) in [6.07, 6.45) is 1.63. The number of nitrogens with zero attached hydrogens (tertiary/aromatic N) is 2. The van der Waals surface area contributed by atoms with Crippen molar-refractivity contribution in [2.75, 3.05) is 19.7 Å². The van der Waals surface area contributed by atoms with Gasteiger partial charge >= 0.3 is 5.97 Å². The van der Waals surface area contributed by atoms with E-state index in [-0.39, 0.29) is 19.1 Å². The molecule has 0 N–H and O–H groups in total. The molecular formula is C14H24N2O3. The van der Waals surface area contributed by atoms with Crippen LogP contribution in [0.3, 0.4) is 0 Å². The molecule has 0 aliphatic rings. The minimum Gasteiger partial charge on any atom is -0.465 e. The molecule has 1 amide bonds. The van der Waals surface area contributed by atoms with Crippen molar-refractivity contribution >= 4 is 11.9 Å². The fraction of sp³-hybridized carbons (Fsp3) is 0.786. The summed E-state index contributed by atoms with van der Waals surface area (Å²) in [7, 11) is 0. The molecule has 0 aliphatic heterocycles. The number of esters is 1. The molecule has 0 saturated heterocycles. The van der Waals surface area contributed by atoms with E-state index in [0.29, 0.717) is 19.4 Å². The van der Waals surface area contributed by atoms with Crippen LogP contribution in [0.4, 0.5) is 0 Å². The number of carbonyl (C=O) groups is 2. The SMILES string of the molecule is CCCN(CC(=O)OCC)C(=O)C(C#N)(CC)CC. The largest absolute Gasteiger partial charge is 0.465 e. The van der Waals surface area contributed by atoms with E-state index in [4.69, 9.17) is 4.74 Å². The van der Waals surface area contributed by atoms with Gasteiger partial charge in [-0.3, -0.25) is 9.59 Å². The second-order valence-corrected chi connectivity index (χ2v) is 4.43. The van der Waals surface area contributed by atoms with Gasteiger partial charge in [-0.2, -0.15) is 5.26 Å². The van der Waals surface area contributed by atoms with Crippen LogP contribution >= 0.6 is 0 Å². The van der Waals surface area contributed by atoms with Crippen LogP contribution in [0.15, 0.2) is 0 Å². The maximum atomic E-state index is 12.5. The maximum absolute atomic E-state index is 12.5. The number of ether oxygens (including phenoxy) is 1. The molecule has 108 valence electrons. The predicted molar refractivity (Wildman–Crippen MR) is 72.1 cm³/mol. The molecule has 0 unspecified atom stereocenters. The third-order valence-corrected chi connectivity index (χ3v) is 3.24. The van der Waals surface area contributed by atoms with Gasteiger partial charge in [-0.1, -0.05) is 20.8 Å². The summed E-state index contributed by atoms with van der Waals surface area (Å²) in [6, 6.07) is 2.12. The molecule has 0 atom stereocenters. The highest BCUT2D eigenvalue weighted by Crippen LogP contribution is 2.28. The zero-order chi connectivity index (χ0) is 14.9. The van der Waals surface area contributed by atoms with Gasteiger partial charge in [-0.15, -0.1) is 0 Å². The summed E-state index contributed by atoms with van der Waals surface area (Å²) < 4.78 is 4.87. The topological polar surface area (TPSA) is 70.4 Å². The van der Waals surface area contributed by atoms with E-state index in [2.05, 4.69) is 6.07 Å². The first-order valence-electron chi connectivity index (χ1n) is 6.87. The highest BCUT2D eigenvalue weighted by Gasteiger charge is 2.38. The lowest BCUT2D eigenvalue weighted by atomic mass is 9.82. The Labute approximate surface area is 115 Å². The second-order valence-electron chi connectivity index (χ2n) is 4.43. The molecule has 0 saturated carbocycles. The van der Waals surface area contributed by atoms with Crippen LogP contribution in [0.1, 0.15) is 47.0 Å². The van der Waals surface area contributed by atoms with E-state index in [9.17, 15) is 14.9 Å². The lowest BCUT2D eigenvalue weighted by Gasteiger charge is -2.30. The molecule has 19 heavy (non-hydrogen) atoms. The lowest BCUT2D eigenvalue weighted by molar-refractivity contribution is -0.151. The Morgan fingerprint density at radius 3 is 2.16 bits per heavy atom. The molecule has 0 spiro atoms. The molecule has 0 aliphatic carbocycles. The minimum atomic E-state index is -1.03. The molecule has 0 bridgehead atoms. The van der Waals surface area contributed by atoms with Gasteiger partial charge in [-0.25, -0.2) is 0 Å². The Morgan fingerprint density at radius 1 is 1.21 bits per heavy atom. The van der Waals surface area contributed by atoms with Crippen LogP contribution in [0.5, 0.6) is 0 Å². The summed E-state index contributed by atoms with van der Waals surface area (Å²) >= 11 is 0. The summed E-state index contributed by atoms with van der Waals surface area (Å²) in [5.74, 6) is -0.696. The van der Waals surface area contributed by atoms with Gasteiger partial charge in [0.15, 0.2) is 0 Å². The average Bonchev–Trinajstić information content (AvgIpc) is 2.41. The Morgan fingerprint density at radius 2 is 1.79 bits per heavy atom. The van der Waals surface area contributed by atoms with E-state index in [1.165, 1.54) is 4.90 Å². The molecular weight excluding hydrogens is 244 g/mol. The first-order valence-corrected chi connectivity index (χ1v) is 6.87. The highest BCUT2D eigenvalue weighted by molar-refractivity contribution is 5.88. The van der Waals surface area contributed by atoms with Crippen molar-refractivity contribution < 1.29 is 14.3 Å². The Bertz CT molecular complexity index is 343. The average molecular weight is 268 g/mol. The lowest BCUT2D eigenvalue weighted by Crippen LogP contribution is -2.45. The first-order chi connectivity index (χ1) is 9.01. The summed E-state index contributed by atoms with van der Waals surface area (Å²) in [5, 5.41) is 9.29. The van der Waals surface area contributed by atoms with Crippen molar-refractivity contribution in [3.05, 3.63) is 0 Å². The van der Waals surface area contributed by atoms with Gasteiger partial charge in [0.1, 0.15) is 12.0 Å². The third kappa shape index (κ3) is 4.55. The van der Waals surface area contributed by atoms with Gasteiger partial charge in [-0.05, 0) is 26.2 Å². The molecule has 0 heterocycles. The van der Waals surface area contributed by atoms with Gasteiger partial charge in [0.05, 0.1) is 12.7 Å². The van der Waals surface area contributed by atoms with Crippen LogP contribution < -0.4 is 0 Å². The van der Waals surface area contributed by atoms with Crippen molar-refractivity contribution in [3.63, 3.8) is 0 Å². The zero-order valence-corrected chi connectivity index (χ0v) is 12.4. The smallest absolute Gasteiger partial charge is 0.325 e. The Kier molecular flexibility index (Phi) is 7.81. The summed E-state index contributed by atoms with van der Waals surface area (Å²) in [5.41, 5.74) is -1.03. The van der Waals surface area contributed by atoms with E-state index in [1.807, 2.05) is 20.8 Å². The second kappa shape index (κ2) is 8.52. The number of hydrogen-bond donors (Lipinski definition) is 0. The summed E-state index contributed by atoms with van der Waals surface area (Å²) in [4.78, 5) is 25.4. The molecule has 0 aromatic carbocycles. The van der Waals surface area contributed by atoms with Gasteiger partial charge < -0.3 is 9.64 Å². The quantitative estimate of drug-likeness (QED) is 0.632. The van der Waals surface area contributed by atoms with E-state index in [1.54, 1.807) is 6.92 Å². The molecule has 0 aromatic rings. The number of carbonyl (C=O) groups excluding carboxylic acids is 2. The van der Waals surface area contributed by atoms with Crippen molar-refractivity contribution in [3.8, 4) is 6.07 Å². The predicted octanol–water partition coefficient (Wildman–Crippen LogP) is 2.12. The van der Waals surface area contributed by atoms with E-state index >= 15 is 0 Å². The van der Waals surface area contributed by atoms with Crippen molar-refractivity contribution in [1.29, 1.82) is 5.26 Å². The molecule has 0 rings (SSSR count). The first kappa shape index (κ1) is 17.4. The molecule has 0 aromatic heterocycles. The van der Waals surface area contributed by atoms with Gasteiger partial charge in [0.25, 0.3) is 0 Å². The van der Waals surface area contributed by atoms with Crippen LogP contribution in [0.25, 0.3) is 0 Å². The van der Waals surface area contributed by atoms with E-state index < -0.39 is 11.4 Å². The van der Waals surface area contributed by atoms with Crippen LogP contribution in [0.2, 0.25) is 0 Å². The van der Waals surface area contributed by atoms with E-state index in [0.717, 1.165) is 6.42 Å². The Hall–Kier alpha value is -1.57. The molecule has 0 radical (unpaired) electrons. The van der Waals surface area contributed by atoms with Gasteiger partial charge in [0.2, 0.25) is 5.91 Å². The fourth-order valence-corrected chi connectivity index (χ4v) is 1.95.